The summed E-state index contributed by atoms with van der Waals surface area (Å²) in [5, 5.41) is 8.98. The Morgan fingerprint density at radius 1 is 1.05 bits per heavy atom. The number of hydrogen-bond donors (Lipinski definition) is 1. The molecule has 0 unspecified atom stereocenters. The van der Waals surface area contributed by atoms with Crippen LogP contribution < -0.4 is 0 Å². The average molecular weight is 303 g/mol. The van der Waals surface area contributed by atoms with E-state index >= 15 is 0 Å². The number of aliphatic hydroxyl groups excluding tert-OH is 1. The highest BCUT2D eigenvalue weighted by atomic mass is 16.6. The van der Waals surface area contributed by atoms with E-state index in [1.54, 1.807) is 11.9 Å². The van der Waals surface area contributed by atoms with Crippen molar-refractivity contribution >= 4 is 6.09 Å². The fourth-order valence-electron chi connectivity index (χ4n) is 1.66. The Labute approximate surface area is 129 Å². The maximum absolute atomic E-state index is 12.1. The molecule has 0 saturated heterocycles. The molecule has 21 heavy (non-hydrogen) atoms. The van der Waals surface area contributed by atoms with Gasteiger partial charge in [-0.25, -0.2) is 4.79 Å². The largest absolute Gasteiger partial charge is 0.444 e. The lowest BCUT2D eigenvalue weighted by atomic mass is 9.99. The van der Waals surface area contributed by atoms with Crippen LogP contribution >= 0.6 is 0 Å². The van der Waals surface area contributed by atoms with Gasteiger partial charge >= 0.3 is 6.09 Å². The third-order valence-corrected chi connectivity index (χ3v) is 3.50. The Kier molecular flexibility index (Phi) is 7.16. The van der Waals surface area contributed by atoms with E-state index in [9.17, 15) is 4.79 Å². The molecular weight excluding hydrogens is 270 g/mol. The van der Waals surface area contributed by atoms with Gasteiger partial charge in [0.05, 0.1) is 5.60 Å². The van der Waals surface area contributed by atoms with Crippen molar-refractivity contribution in [2.24, 2.45) is 0 Å². The fourth-order valence-corrected chi connectivity index (χ4v) is 1.66. The molecule has 0 aromatic carbocycles. The van der Waals surface area contributed by atoms with Crippen LogP contribution in [0.5, 0.6) is 0 Å². The molecule has 0 aliphatic carbocycles. The minimum absolute atomic E-state index is 0.105. The molecule has 5 nitrogen and oxygen atoms in total. The number of carbonyl (C=O) groups is 1. The molecule has 0 atom stereocenters. The highest BCUT2D eigenvalue weighted by Crippen LogP contribution is 2.22. The smallest absolute Gasteiger partial charge is 0.410 e. The Morgan fingerprint density at radius 3 is 2.00 bits per heavy atom. The second-order valence-corrected chi connectivity index (χ2v) is 7.68. The van der Waals surface area contributed by atoms with Crippen molar-refractivity contribution in [1.29, 1.82) is 0 Å². The van der Waals surface area contributed by atoms with E-state index in [2.05, 4.69) is 0 Å². The summed E-state index contributed by atoms with van der Waals surface area (Å²) in [6, 6.07) is 0. The minimum Gasteiger partial charge on any atom is -0.444 e. The highest BCUT2D eigenvalue weighted by molar-refractivity contribution is 5.68. The van der Waals surface area contributed by atoms with Crippen molar-refractivity contribution in [2.45, 2.75) is 78.0 Å². The molecule has 1 N–H and O–H groups in total. The topological polar surface area (TPSA) is 59.0 Å². The van der Waals surface area contributed by atoms with Crippen LogP contribution in [0, 0.1) is 0 Å². The normalized spacial score (nSPS) is 13.2. The predicted octanol–water partition coefficient (Wildman–Crippen LogP) is 3.20. The summed E-state index contributed by atoms with van der Waals surface area (Å²) in [5.41, 5.74) is -1.21. The first-order valence-corrected chi connectivity index (χ1v) is 7.52. The molecule has 0 heterocycles. The number of ether oxygens (including phenoxy) is 2. The molecule has 0 rings (SSSR count). The van der Waals surface area contributed by atoms with Gasteiger partial charge in [-0.15, -0.1) is 0 Å². The first-order chi connectivity index (χ1) is 9.31. The van der Waals surface area contributed by atoms with Crippen LogP contribution in [0.25, 0.3) is 0 Å². The second-order valence-electron chi connectivity index (χ2n) is 7.68. The Morgan fingerprint density at radius 2 is 1.57 bits per heavy atom. The van der Waals surface area contributed by atoms with Gasteiger partial charge in [0, 0.05) is 25.8 Å². The molecule has 5 heteroatoms. The van der Waals surface area contributed by atoms with E-state index in [1.165, 1.54) is 0 Å². The van der Waals surface area contributed by atoms with Gasteiger partial charge in [0.15, 0.2) is 0 Å². The SMILES string of the molecule is CN(C(=O)OC(C)(C)C)C(C)(C)CCOC(C)(C)CCO. The van der Waals surface area contributed by atoms with Crippen molar-refractivity contribution in [1.82, 2.24) is 4.90 Å². The highest BCUT2D eigenvalue weighted by Gasteiger charge is 2.31. The maximum Gasteiger partial charge on any atom is 0.410 e. The number of hydrogen-bond acceptors (Lipinski definition) is 4. The van der Waals surface area contributed by atoms with E-state index in [-0.39, 0.29) is 23.8 Å². The van der Waals surface area contributed by atoms with Crippen molar-refractivity contribution in [2.75, 3.05) is 20.3 Å². The van der Waals surface area contributed by atoms with Crippen molar-refractivity contribution in [3.63, 3.8) is 0 Å². The van der Waals surface area contributed by atoms with Crippen molar-refractivity contribution in [3.8, 4) is 0 Å². The van der Waals surface area contributed by atoms with Crippen LogP contribution in [-0.4, -0.2) is 53.1 Å². The number of amides is 1. The molecule has 0 aliphatic rings. The zero-order chi connectivity index (χ0) is 16.9. The summed E-state index contributed by atoms with van der Waals surface area (Å²) in [4.78, 5) is 13.7. The Bertz CT molecular complexity index is 332. The predicted molar refractivity (Wildman–Crippen MR) is 84.4 cm³/mol. The number of carbonyl (C=O) groups excluding carboxylic acids is 1. The summed E-state index contributed by atoms with van der Waals surface area (Å²) < 4.78 is 11.2. The lowest BCUT2D eigenvalue weighted by molar-refractivity contribution is -0.0480. The van der Waals surface area contributed by atoms with E-state index in [0.29, 0.717) is 19.4 Å². The molecule has 0 bridgehead atoms. The molecule has 0 aliphatic heterocycles. The lowest BCUT2D eigenvalue weighted by Gasteiger charge is -2.37. The third-order valence-electron chi connectivity index (χ3n) is 3.50. The van der Waals surface area contributed by atoms with E-state index in [4.69, 9.17) is 14.6 Å². The number of rotatable bonds is 7. The van der Waals surface area contributed by atoms with Gasteiger partial charge in [0.1, 0.15) is 5.60 Å². The van der Waals surface area contributed by atoms with Gasteiger partial charge < -0.3 is 19.5 Å². The molecule has 0 spiro atoms. The summed E-state index contributed by atoms with van der Waals surface area (Å²) in [7, 11) is 1.74. The first kappa shape index (κ1) is 20.2. The molecule has 0 aromatic rings. The minimum atomic E-state index is -0.499. The van der Waals surface area contributed by atoms with Crippen molar-refractivity contribution < 1.29 is 19.4 Å². The molecule has 126 valence electrons. The summed E-state index contributed by atoms with van der Waals surface area (Å²) in [6.07, 6.45) is 0.953. The van der Waals surface area contributed by atoms with Crippen LogP contribution in [0.1, 0.15) is 61.3 Å². The third kappa shape index (κ3) is 8.27. The van der Waals surface area contributed by atoms with E-state index < -0.39 is 5.60 Å². The average Bonchev–Trinajstić information content (AvgIpc) is 2.24. The summed E-state index contributed by atoms with van der Waals surface area (Å²) in [5.74, 6) is 0. The molecule has 0 fully saturated rings. The quantitative estimate of drug-likeness (QED) is 0.784. The van der Waals surface area contributed by atoms with Gasteiger partial charge in [0.2, 0.25) is 0 Å². The number of aliphatic hydroxyl groups is 1. The molecule has 1 amide bonds. The Balaban J connectivity index is 4.44. The van der Waals surface area contributed by atoms with Crippen LogP contribution in [0.4, 0.5) is 4.79 Å². The molecule has 0 saturated carbocycles. The zero-order valence-electron chi connectivity index (χ0n) is 14.9. The van der Waals surface area contributed by atoms with Crippen LogP contribution in [-0.2, 0) is 9.47 Å². The van der Waals surface area contributed by atoms with Crippen LogP contribution in [0.15, 0.2) is 0 Å². The van der Waals surface area contributed by atoms with Crippen LogP contribution in [0.2, 0.25) is 0 Å². The first-order valence-electron chi connectivity index (χ1n) is 7.52. The zero-order valence-corrected chi connectivity index (χ0v) is 14.9. The van der Waals surface area contributed by atoms with E-state index in [0.717, 1.165) is 0 Å². The number of nitrogens with zero attached hydrogens (tertiary/aromatic N) is 1. The van der Waals surface area contributed by atoms with Crippen molar-refractivity contribution in [3.05, 3.63) is 0 Å². The molecule has 0 radical (unpaired) electrons. The van der Waals surface area contributed by atoms with Crippen LogP contribution in [0.3, 0.4) is 0 Å². The fraction of sp³-hybridized carbons (Fsp3) is 0.938. The maximum atomic E-state index is 12.1. The molecular formula is C16H33NO4. The van der Waals surface area contributed by atoms with Gasteiger partial charge in [0.25, 0.3) is 0 Å². The second kappa shape index (κ2) is 7.45. The standard InChI is InChI=1S/C16H33NO4/c1-14(2,3)21-13(19)17(8)15(4,5)10-12-20-16(6,7)9-11-18/h18H,9-12H2,1-8H3. The monoisotopic (exact) mass is 303 g/mol. The lowest BCUT2D eigenvalue weighted by Crippen LogP contribution is -2.48. The van der Waals surface area contributed by atoms with Gasteiger partial charge in [-0.05, 0) is 61.3 Å². The summed E-state index contributed by atoms with van der Waals surface area (Å²) in [6.45, 7) is 14.1. The Hall–Kier alpha value is -0.810. The summed E-state index contributed by atoms with van der Waals surface area (Å²) >= 11 is 0. The van der Waals surface area contributed by atoms with Gasteiger partial charge in [-0.1, -0.05) is 0 Å². The molecule has 0 aromatic heterocycles. The van der Waals surface area contributed by atoms with E-state index in [1.807, 2.05) is 48.5 Å². The van der Waals surface area contributed by atoms with Gasteiger partial charge in [-0.3, -0.25) is 0 Å². The van der Waals surface area contributed by atoms with Gasteiger partial charge in [-0.2, -0.15) is 0 Å².